The molecule has 0 saturated heterocycles. The van der Waals surface area contributed by atoms with Crippen LogP contribution in [-0.2, 0) is 9.53 Å². The number of methoxy groups -OCH3 is 2. The molecule has 0 aromatic heterocycles. The second-order valence-electron chi connectivity index (χ2n) is 4.03. The van der Waals surface area contributed by atoms with Crippen molar-refractivity contribution in [2.45, 2.75) is 12.5 Å². The van der Waals surface area contributed by atoms with E-state index >= 15 is 0 Å². The number of nitrogens with zero attached hydrogens (tertiary/aromatic N) is 1. The molecule has 0 aliphatic carbocycles. The number of rotatable bonds is 5. The zero-order valence-electron chi connectivity index (χ0n) is 11.0. The average Bonchev–Trinajstić information content (AvgIpc) is 2.43. The van der Waals surface area contributed by atoms with Crippen molar-refractivity contribution in [1.82, 2.24) is 0 Å². The molecular formula is C13H15NO5. The highest BCUT2D eigenvalue weighted by molar-refractivity contribution is 5.78. The molecule has 0 aliphatic heterocycles. The quantitative estimate of drug-likeness (QED) is 0.795. The van der Waals surface area contributed by atoms with Gasteiger partial charge in [-0.2, -0.15) is 5.26 Å². The Balaban J connectivity index is 2.84. The largest absolute Gasteiger partial charge is 0.493 e. The number of esters is 1. The molecule has 1 aromatic rings. The minimum Gasteiger partial charge on any atom is -0.493 e. The van der Waals surface area contributed by atoms with Gasteiger partial charge in [-0.05, 0) is 19.1 Å². The first kappa shape index (κ1) is 14.8. The first-order valence-electron chi connectivity index (χ1n) is 5.46. The van der Waals surface area contributed by atoms with Gasteiger partial charge in [-0.25, -0.2) is 4.79 Å². The molecule has 19 heavy (non-hydrogen) atoms. The Labute approximate surface area is 111 Å². The fourth-order valence-electron chi connectivity index (χ4n) is 1.35. The Bertz CT molecular complexity index is 504. The molecule has 102 valence electrons. The van der Waals surface area contributed by atoms with Crippen molar-refractivity contribution in [1.29, 1.82) is 5.26 Å². The lowest BCUT2D eigenvalue weighted by molar-refractivity contribution is -0.163. The minimum atomic E-state index is -1.76. The third-order valence-corrected chi connectivity index (χ3v) is 2.43. The lowest BCUT2D eigenvalue weighted by Gasteiger charge is -2.21. The van der Waals surface area contributed by atoms with Gasteiger partial charge in [-0.1, -0.05) is 0 Å². The summed E-state index contributed by atoms with van der Waals surface area (Å²) in [5.74, 6) is -0.120. The fraction of sp³-hybridized carbons (Fsp3) is 0.385. The number of hydrogen-bond acceptors (Lipinski definition) is 6. The minimum absolute atomic E-state index is 0.290. The summed E-state index contributed by atoms with van der Waals surface area (Å²) in [7, 11) is 2.61. The lowest BCUT2D eigenvalue weighted by atomic mass is 10.1. The number of carbonyl (C=O) groups is 1. The average molecular weight is 265 g/mol. The molecule has 0 aliphatic rings. The van der Waals surface area contributed by atoms with Gasteiger partial charge in [0.15, 0.2) is 17.1 Å². The van der Waals surface area contributed by atoms with Gasteiger partial charge >= 0.3 is 5.97 Å². The van der Waals surface area contributed by atoms with Gasteiger partial charge in [0, 0.05) is 6.07 Å². The normalized spacial score (nSPS) is 13.0. The van der Waals surface area contributed by atoms with E-state index in [-0.39, 0.29) is 6.61 Å². The summed E-state index contributed by atoms with van der Waals surface area (Å²) >= 11 is 0. The van der Waals surface area contributed by atoms with E-state index in [9.17, 15) is 9.90 Å². The number of aliphatic hydroxyl groups is 1. The third-order valence-electron chi connectivity index (χ3n) is 2.43. The monoisotopic (exact) mass is 265 g/mol. The van der Waals surface area contributed by atoms with Crippen molar-refractivity contribution in [2.75, 3.05) is 20.8 Å². The molecule has 6 heteroatoms. The van der Waals surface area contributed by atoms with E-state index in [4.69, 9.17) is 14.7 Å². The topological polar surface area (TPSA) is 88.8 Å². The first-order chi connectivity index (χ1) is 8.94. The zero-order chi connectivity index (χ0) is 14.5. The molecule has 1 unspecified atom stereocenters. The highest BCUT2D eigenvalue weighted by Gasteiger charge is 2.32. The Hall–Kier alpha value is -2.26. The summed E-state index contributed by atoms with van der Waals surface area (Å²) in [4.78, 5) is 11.3. The molecule has 0 radical (unpaired) electrons. The summed E-state index contributed by atoms with van der Waals surface area (Å²) < 4.78 is 14.8. The summed E-state index contributed by atoms with van der Waals surface area (Å²) in [5, 5.41) is 18.6. The van der Waals surface area contributed by atoms with E-state index in [1.165, 1.54) is 33.3 Å². The van der Waals surface area contributed by atoms with Crippen molar-refractivity contribution >= 4 is 5.97 Å². The Morgan fingerprint density at radius 1 is 1.42 bits per heavy atom. The van der Waals surface area contributed by atoms with Crippen LogP contribution in [0.5, 0.6) is 11.5 Å². The zero-order valence-corrected chi connectivity index (χ0v) is 11.0. The van der Waals surface area contributed by atoms with Crippen LogP contribution in [0.15, 0.2) is 18.2 Å². The van der Waals surface area contributed by atoms with Crippen molar-refractivity contribution < 1.29 is 24.1 Å². The van der Waals surface area contributed by atoms with Crippen molar-refractivity contribution in [2.24, 2.45) is 0 Å². The molecule has 0 amide bonds. The molecule has 6 nitrogen and oxygen atoms in total. The van der Waals surface area contributed by atoms with Crippen LogP contribution in [0.4, 0.5) is 0 Å². The smallest absolute Gasteiger partial charge is 0.341 e. The lowest BCUT2D eigenvalue weighted by Crippen LogP contribution is -2.42. The van der Waals surface area contributed by atoms with E-state index < -0.39 is 11.6 Å². The molecule has 1 atom stereocenters. The van der Waals surface area contributed by atoms with E-state index in [2.05, 4.69) is 4.74 Å². The molecule has 0 fully saturated rings. The van der Waals surface area contributed by atoms with Crippen molar-refractivity contribution in [3.63, 3.8) is 0 Å². The summed E-state index contributed by atoms with van der Waals surface area (Å²) in [6.45, 7) is 0.997. The number of benzene rings is 1. The van der Waals surface area contributed by atoms with E-state index in [0.717, 1.165) is 0 Å². The van der Waals surface area contributed by atoms with Crippen molar-refractivity contribution in [3.8, 4) is 17.6 Å². The van der Waals surface area contributed by atoms with E-state index in [0.29, 0.717) is 17.1 Å². The maximum atomic E-state index is 11.3. The third kappa shape index (κ3) is 3.60. The SMILES string of the molecule is COC(=O)C(C)(O)COc1ccc(C#N)cc1OC. The van der Waals surface area contributed by atoms with Gasteiger partial charge in [0.25, 0.3) is 0 Å². The molecule has 0 heterocycles. The molecule has 0 bridgehead atoms. The van der Waals surface area contributed by atoms with Crippen LogP contribution in [0.2, 0.25) is 0 Å². The van der Waals surface area contributed by atoms with Crippen LogP contribution in [0.25, 0.3) is 0 Å². The number of hydrogen-bond donors (Lipinski definition) is 1. The van der Waals surface area contributed by atoms with Crippen LogP contribution in [0.3, 0.4) is 0 Å². The maximum Gasteiger partial charge on any atom is 0.341 e. The number of carbonyl (C=O) groups excluding carboxylic acids is 1. The Kier molecular flexibility index (Phi) is 4.73. The van der Waals surface area contributed by atoms with Gasteiger partial charge < -0.3 is 19.3 Å². The van der Waals surface area contributed by atoms with Gasteiger partial charge in [0.2, 0.25) is 0 Å². The van der Waals surface area contributed by atoms with Crippen LogP contribution in [-0.4, -0.2) is 37.5 Å². The van der Waals surface area contributed by atoms with E-state index in [1.807, 2.05) is 6.07 Å². The van der Waals surface area contributed by atoms with Crippen LogP contribution in [0.1, 0.15) is 12.5 Å². The standard InChI is InChI=1S/C13H15NO5/c1-13(16,12(15)18-3)8-19-10-5-4-9(7-14)6-11(10)17-2/h4-6,16H,8H2,1-3H3. The van der Waals surface area contributed by atoms with Gasteiger partial charge in [-0.15, -0.1) is 0 Å². The van der Waals surface area contributed by atoms with Crippen molar-refractivity contribution in [3.05, 3.63) is 23.8 Å². The van der Waals surface area contributed by atoms with Gasteiger partial charge in [0.1, 0.15) is 6.61 Å². The summed E-state index contributed by atoms with van der Waals surface area (Å²) in [6.07, 6.45) is 0. The molecule has 1 N–H and O–H groups in total. The number of ether oxygens (including phenoxy) is 3. The summed E-state index contributed by atoms with van der Waals surface area (Å²) in [6, 6.07) is 6.55. The predicted molar refractivity (Wildman–Crippen MR) is 65.8 cm³/mol. The van der Waals surface area contributed by atoms with Crippen LogP contribution < -0.4 is 9.47 Å². The highest BCUT2D eigenvalue weighted by Crippen LogP contribution is 2.28. The predicted octanol–water partition coefficient (Wildman–Crippen LogP) is 0.870. The second-order valence-corrected chi connectivity index (χ2v) is 4.03. The Morgan fingerprint density at radius 3 is 2.63 bits per heavy atom. The first-order valence-corrected chi connectivity index (χ1v) is 5.46. The fourth-order valence-corrected chi connectivity index (χ4v) is 1.35. The maximum absolute atomic E-state index is 11.3. The van der Waals surface area contributed by atoms with Gasteiger partial charge in [0.05, 0.1) is 25.9 Å². The molecule has 1 aromatic carbocycles. The molecular weight excluding hydrogens is 250 g/mol. The second kappa shape index (κ2) is 6.07. The van der Waals surface area contributed by atoms with Crippen LogP contribution in [0, 0.1) is 11.3 Å². The van der Waals surface area contributed by atoms with E-state index in [1.54, 1.807) is 6.07 Å². The number of nitriles is 1. The molecule has 0 spiro atoms. The van der Waals surface area contributed by atoms with Gasteiger partial charge in [-0.3, -0.25) is 0 Å². The molecule has 1 rings (SSSR count). The Morgan fingerprint density at radius 2 is 2.11 bits per heavy atom. The highest BCUT2D eigenvalue weighted by atomic mass is 16.6. The van der Waals surface area contributed by atoms with Crippen LogP contribution >= 0.6 is 0 Å². The molecule has 0 saturated carbocycles. The summed E-state index contributed by atoms with van der Waals surface area (Å²) in [5.41, 5.74) is -1.34.